The van der Waals surface area contributed by atoms with Gasteiger partial charge in [0.2, 0.25) is 0 Å². The van der Waals surface area contributed by atoms with E-state index in [0.29, 0.717) is 12.2 Å². The topological polar surface area (TPSA) is 67.5 Å². The lowest BCUT2D eigenvalue weighted by atomic mass is 9.98. The number of nitrogens with one attached hydrogen (secondary N) is 1. The van der Waals surface area contributed by atoms with Crippen LogP contribution in [0.5, 0.6) is 0 Å². The third-order valence-electron chi connectivity index (χ3n) is 4.61. The Morgan fingerprint density at radius 3 is 2.62 bits per heavy atom. The van der Waals surface area contributed by atoms with E-state index in [9.17, 15) is 4.79 Å². The van der Waals surface area contributed by atoms with Crippen LogP contribution in [0.2, 0.25) is 0 Å². The number of hydrogen-bond donors (Lipinski definition) is 1. The third kappa shape index (κ3) is 2.74. The van der Waals surface area contributed by atoms with E-state index in [0.717, 1.165) is 21.7 Å². The van der Waals surface area contributed by atoms with Crippen molar-refractivity contribution >= 4 is 17.2 Å². The van der Waals surface area contributed by atoms with Gasteiger partial charge in [0, 0.05) is 19.8 Å². The van der Waals surface area contributed by atoms with Crippen molar-refractivity contribution in [3.8, 4) is 10.6 Å². The number of aromatic amines is 1. The van der Waals surface area contributed by atoms with Crippen molar-refractivity contribution in [3.05, 3.63) is 64.7 Å². The molecule has 26 heavy (non-hydrogen) atoms. The van der Waals surface area contributed by atoms with Gasteiger partial charge >= 0.3 is 0 Å². The molecular formula is C19H19N3O3S. The summed E-state index contributed by atoms with van der Waals surface area (Å²) in [6.45, 7) is 0.325. The second-order valence-electron chi connectivity index (χ2n) is 6.01. The Labute approximate surface area is 155 Å². The van der Waals surface area contributed by atoms with Crippen LogP contribution in [-0.2, 0) is 9.47 Å². The first-order valence-electron chi connectivity index (χ1n) is 8.28. The summed E-state index contributed by atoms with van der Waals surface area (Å²) in [4.78, 5) is 15.9. The number of hydrogen-bond acceptors (Lipinski definition) is 5. The molecule has 6 nitrogen and oxygen atoms in total. The van der Waals surface area contributed by atoms with E-state index in [1.807, 2.05) is 47.8 Å². The molecule has 134 valence electrons. The zero-order valence-corrected chi connectivity index (χ0v) is 15.3. The van der Waals surface area contributed by atoms with Crippen LogP contribution in [-0.4, -0.2) is 48.1 Å². The molecule has 1 amide bonds. The van der Waals surface area contributed by atoms with E-state index in [1.165, 1.54) is 0 Å². The SMILES string of the molecule is COC(CN1C(=O)c2n[nH]c(-c3cccs3)c2C1c1ccccc1)OC. The highest BCUT2D eigenvalue weighted by Gasteiger charge is 2.43. The normalized spacial score (nSPS) is 16.5. The van der Waals surface area contributed by atoms with E-state index in [1.54, 1.807) is 30.5 Å². The smallest absolute Gasteiger partial charge is 0.275 e. The first kappa shape index (κ1) is 17.0. The maximum atomic E-state index is 13.1. The Hall–Kier alpha value is -2.48. The minimum Gasteiger partial charge on any atom is -0.354 e. The van der Waals surface area contributed by atoms with Gasteiger partial charge in [0.05, 0.1) is 23.2 Å². The average Bonchev–Trinajstić information content (AvgIpc) is 3.39. The predicted molar refractivity (Wildman–Crippen MR) is 99.0 cm³/mol. The summed E-state index contributed by atoms with van der Waals surface area (Å²) in [7, 11) is 3.14. The van der Waals surface area contributed by atoms with Gasteiger partial charge in [-0.1, -0.05) is 36.4 Å². The highest BCUT2D eigenvalue weighted by atomic mass is 32.1. The molecule has 1 N–H and O–H groups in total. The molecule has 0 bridgehead atoms. The van der Waals surface area contributed by atoms with Crippen LogP contribution in [0.3, 0.4) is 0 Å². The first-order valence-corrected chi connectivity index (χ1v) is 9.16. The van der Waals surface area contributed by atoms with Crippen molar-refractivity contribution in [3.63, 3.8) is 0 Å². The summed E-state index contributed by atoms with van der Waals surface area (Å²) in [6, 6.07) is 13.8. The number of H-pyrrole nitrogens is 1. The summed E-state index contributed by atoms with van der Waals surface area (Å²) in [5.74, 6) is -0.119. The number of thiophene rings is 1. The minimum atomic E-state index is -0.497. The van der Waals surface area contributed by atoms with Gasteiger partial charge in [-0.3, -0.25) is 9.89 Å². The molecule has 0 aliphatic carbocycles. The van der Waals surface area contributed by atoms with Gasteiger partial charge in [0.25, 0.3) is 5.91 Å². The number of ether oxygens (including phenoxy) is 2. The summed E-state index contributed by atoms with van der Waals surface area (Å²) >= 11 is 1.62. The van der Waals surface area contributed by atoms with Gasteiger partial charge in [-0.2, -0.15) is 5.10 Å². The fourth-order valence-electron chi connectivity index (χ4n) is 3.37. The number of carbonyl (C=O) groups is 1. The summed E-state index contributed by atoms with van der Waals surface area (Å²) in [6.07, 6.45) is -0.497. The maximum absolute atomic E-state index is 13.1. The quantitative estimate of drug-likeness (QED) is 0.677. The Balaban J connectivity index is 1.83. The maximum Gasteiger partial charge on any atom is 0.275 e. The van der Waals surface area contributed by atoms with E-state index in [4.69, 9.17) is 9.47 Å². The molecule has 1 aliphatic heterocycles. The first-order chi connectivity index (χ1) is 12.7. The van der Waals surface area contributed by atoms with Crippen LogP contribution in [0.25, 0.3) is 10.6 Å². The zero-order valence-electron chi connectivity index (χ0n) is 14.5. The van der Waals surface area contributed by atoms with Gasteiger partial charge in [0.1, 0.15) is 0 Å². The number of methoxy groups -OCH3 is 2. The van der Waals surface area contributed by atoms with Crippen molar-refractivity contribution in [2.45, 2.75) is 12.3 Å². The molecule has 0 fully saturated rings. The fraction of sp³-hybridized carbons (Fsp3) is 0.263. The number of amides is 1. The molecule has 1 aromatic carbocycles. The number of nitrogens with zero attached hydrogens (tertiary/aromatic N) is 2. The van der Waals surface area contributed by atoms with E-state index < -0.39 is 6.29 Å². The molecule has 1 atom stereocenters. The van der Waals surface area contributed by atoms with Crippen LogP contribution in [0.4, 0.5) is 0 Å². The van der Waals surface area contributed by atoms with Gasteiger partial charge in [0.15, 0.2) is 12.0 Å². The molecule has 0 saturated heterocycles. The van der Waals surface area contributed by atoms with Crippen LogP contribution < -0.4 is 0 Å². The van der Waals surface area contributed by atoms with Crippen LogP contribution in [0, 0.1) is 0 Å². The number of carbonyl (C=O) groups excluding carboxylic acids is 1. The zero-order chi connectivity index (χ0) is 18.1. The second kappa shape index (κ2) is 7.03. The average molecular weight is 369 g/mol. The van der Waals surface area contributed by atoms with Crippen molar-refractivity contribution in [2.24, 2.45) is 0 Å². The fourth-order valence-corrected chi connectivity index (χ4v) is 4.11. The van der Waals surface area contributed by atoms with E-state index in [-0.39, 0.29) is 11.9 Å². The Kier molecular flexibility index (Phi) is 4.58. The highest BCUT2D eigenvalue weighted by Crippen LogP contribution is 2.43. The lowest BCUT2D eigenvalue weighted by Gasteiger charge is -2.29. The van der Waals surface area contributed by atoms with E-state index >= 15 is 0 Å². The number of fused-ring (bicyclic) bond motifs is 1. The monoisotopic (exact) mass is 369 g/mol. The molecule has 3 heterocycles. The molecule has 4 rings (SSSR count). The van der Waals surface area contributed by atoms with Gasteiger partial charge < -0.3 is 14.4 Å². The van der Waals surface area contributed by atoms with Crippen LogP contribution in [0.15, 0.2) is 47.8 Å². The number of rotatable bonds is 6. The largest absolute Gasteiger partial charge is 0.354 e. The summed E-state index contributed by atoms with van der Waals surface area (Å²) in [5, 5.41) is 9.40. The molecule has 2 aromatic heterocycles. The highest BCUT2D eigenvalue weighted by molar-refractivity contribution is 7.13. The molecule has 3 aromatic rings. The number of aromatic nitrogens is 2. The summed E-state index contributed by atoms with van der Waals surface area (Å²) < 4.78 is 10.7. The molecule has 1 unspecified atom stereocenters. The van der Waals surface area contributed by atoms with Crippen molar-refractivity contribution in [1.29, 1.82) is 0 Å². The summed E-state index contributed by atoms with van der Waals surface area (Å²) in [5.41, 5.74) is 3.30. The standard InChI is InChI=1S/C19H19N3O3S/c1-24-14(25-2)11-22-18(12-7-4-3-5-8-12)15-16(13-9-6-10-26-13)20-21-17(15)19(22)23/h3-10,14,18H,11H2,1-2H3,(H,20,21). The number of benzene rings is 1. The van der Waals surface area contributed by atoms with Crippen molar-refractivity contribution in [1.82, 2.24) is 15.1 Å². The Morgan fingerprint density at radius 2 is 1.96 bits per heavy atom. The lowest BCUT2D eigenvalue weighted by Crippen LogP contribution is -2.38. The molecule has 1 aliphatic rings. The van der Waals surface area contributed by atoms with Gasteiger partial charge in [-0.15, -0.1) is 11.3 Å². The van der Waals surface area contributed by atoms with Crippen molar-refractivity contribution in [2.75, 3.05) is 20.8 Å². The molecule has 0 saturated carbocycles. The molecule has 7 heteroatoms. The molecule has 0 spiro atoms. The van der Waals surface area contributed by atoms with Gasteiger partial charge in [-0.05, 0) is 17.0 Å². The van der Waals surface area contributed by atoms with Gasteiger partial charge in [-0.25, -0.2) is 0 Å². The predicted octanol–water partition coefficient (Wildman–Crippen LogP) is 3.30. The van der Waals surface area contributed by atoms with Crippen LogP contribution >= 0.6 is 11.3 Å². The minimum absolute atomic E-state index is 0.119. The lowest BCUT2D eigenvalue weighted by molar-refractivity contribution is -0.113. The van der Waals surface area contributed by atoms with E-state index in [2.05, 4.69) is 10.2 Å². The van der Waals surface area contributed by atoms with Crippen molar-refractivity contribution < 1.29 is 14.3 Å². The third-order valence-corrected chi connectivity index (χ3v) is 5.49. The van der Waals surface area contributed by atoms with Crippen LogP contribution in [0.1, 0.15) is 27.7 Å². The Morgan fingerprint density at radius 1 is 1.19 bits per heavy atom. The molecule has 0 radical (unpaired) electrons. The molecular weight excluding hydrogens is 350 g/mol. The Bertz CT molecular complexity index is 888. The second-order valence-corrected chi connectivity index (χ2v) is 6.96.